The first-order chi connectivity index (χ1) is 14.3. The number of non-ortho nitro benzene ring substituents is 1. The number of carbonyl (C=O) groups is 2. The Hall–Kier alpha value is -3.42. The fraction of sp³-hybridized carbons (Fsp3) is 0.364. The molecular weight excluding hydrogens is 384 g/mol. The standard InChI is InChI=1S/C22H26N4O4/c1-15(2)21(27)23-16-7-6-8-17(13-16)24-22(28)19-14-18(26(29)30)9-10-20(19)25-11-4-3-5-12-25/h6-10,13-15H,3-5,11-12H2,1-2H3,(H,23,27)(H,24,28). The summed E-state index contributed by atoms with van der Waals surface area (Å²) in [5, 5.41) is 16.8. The van der Waals surface area contributed by atoms with Crippen LogP contribution >= 0.6 is 0 Å². The molecule has 0 aliphatic carbocycles. The lowest BCUT2D eigenvalue weighted by Crippen LogP contribution is -2.31. The summed E-state index contributed by atoms with van der Waals surface area (Å²) in [6.07, 6.45) is 3.19. The topological polar surface area (TPSA) is 105 Å². The number of benzene rings is 2. The van der Waals surface area contributed by atoms with E-state index in [-0.39, 0.29) is 23.1 Å². The molecule has 1 heterocycles. The number of carbonyl (C=O) groups excluding carboxylic acids is 2. The number of nitrogens with zero attached hydrogens (tertiary/aromatic N) is 2. The van der Waals surface area contributed by atoms with Crippen LogP contribution in [0.2, 0.25) is 0 Å². The first-order valence-corrected chi connectivity index (χ1v) is 10.1. The van der Waals surface area contributed by atoms with Crippen molar-refractivity contribution in [1.82, 2.24) is 0 Å². The van der Waals surface area contributed by atoms with Crippen LogP contribution < -0.4 is 15.5 Å². The molecule has 2 amide bonds. The third-order valence-corrected chi connectivity index (χ3v) is 5.04. The van der Waals surface area contributed by atoms with E-state index >= 15 is 0 Å². The Kier molecular flexibility index (Phi) is 6.66. The van der Waals surface area contributed by atoms with Crippen LogP contribution in [0.25, 0.3) is 0 Å². The third kappa shape index (κ3) is 5.14. The highest BCUT2D eigenvalue weighted by Crippen LogP contribution is 2.29. The smallest absolute Gasteiger partial charge is 0.270 e. The van der Waals surface area contributed by atoms with Crippen molar-refractivity contribution in [1.29, 1.82) is 0 Å². The van der Waals surface area contributed by atoms with E-state index in [2.05, 4.69) is 15.5 Å². The second kappa shape index (κ2) is 9.39. The molecule has 2 aromatic rings. The van der Waals surface area contributed by atoms with Gasteiger partial charge < -0.3 is 15.5 Å². The molecule has 1 aliphatic rings. The van der Waals surface area contributed by atoms with Crippen molar-refractivity contribution in [2.24, 2.45) is 5.92 Å². The van der Waals surface area contributed by atoms with Crippen LogP contribution in [0.3, 0.4) is 0 Å². The van der Waals surface area contributed by atoms with Gasteiger partial charge in [0.15, 0.2) is 0 Å². The average molecular weight is 410 g/mol. The van der Waals surface area contributed by atoms with Gasteiger partial charge in [-0.25, -0.2) is 0 Å². The summed E-state index contributed by atoms with van der Waals surface area (Å²) in [4.78, 5) is 37.8. The Labute approximate surface area is 175 Å². The molecule has 0 saturated carbocycles. The van der Waals surface area contributed by atoms with Gasteiger partial charge in [0.1, 0.15) is 0 Å². The fourth-order valence-corrected chi connectivity index (χ4v) is 3.39. The van der Waals surface area contributed by atoms with Crippen LogP contribution in [-0.2, 0) is 4.79 Å². The quantitative estimate of drug-likeness (QED) is 0.541. The van der Waals surface area contributed by atoms with Gasteiger partial charge in [-0.2, -0.15) is 0 Å². The number of nitro groups is 1. The molecule has 0 radical (unpaired) electrons. The summed E-state index contributed by atoms with van der Waals surface area (Å²) < 4.78 is 0. The molecule has 0 aromatic heterocycles. The van der Waals surface area contributed by atoms with E-state index in [1.54, 1.807) is 44.2 Å². The van der Waals surface area contributed by atoms with E-state index in [9.17, 15) is 19.7 Å². The average Bonchev–Trinajstić information content (AvgIpc) is 2.74. The van der Waals surface area contributed by atoms with Crippen LogP contribution in [0.15, 0.2) is 42.5 Å². The Morgan fingerprint density at radius 3 is 2.30 bits per heavy atom. The Balaban J connectivity index is 1.86. The lowest BCUT2D eigenvalue weighted by atomic mass is 10.1. The number of hydrogen-bond acceptors (Lipinski definition) is 5. The van der Waals surface area contributed by atoms with E-state index in [1.807, 2.05) is 0 Å². The Morgan fingerprint density at radius 1 is 1.00 bits per heavy atom. The number of nitro benzene ring substituents is 1. The van der Waals surface area contributed by atoms with Crippen molar-refractivity contribution in [2.75, 3.05) is 28.6 Å². The maximum Gasteiger partial charge on any atom is 0.270 e. The lowest BCUT2D eigenvalue weighted by molar-refractivity contribution is -0.384. The molecule has 0 spiro atoms. The zero-order valence-corrected chi connectivity index (χ0v) is 17.2. The second-order valence-corrected chi connectivity index (χ2v) is 7.69. The van der Waals surface area contributed by atoms with Crippen LogP contribution in [0, 0.1) is 16.0 Å². The van der Waals surface area contributed by atoms with Gasteiger partial charge in [0.05, 0.1) is 16.2 Å². The largest absolute Gasteiger partial charge is 0.371 e. The summed E-state index contributed by atoms with van der Waals surface area (Å²) in [5.41, 5.74) is 1.91. The summed E-state index contributed by atoms with van der Waals surface area (Å²) in [7, 11) is 0. The van der Waals surface area contributed by atoms with E-state index < -0.39 is 10.8 Å². The normalized spacial score (nSPS) is 13.8. The summed E-state index contributed by atoms with van der Waals surface area (Å²) in [6, 6.07) is 11.2. The second-order valence-electron chi connectivity index (χ2n) is 7.69. The first-order valence-electron chi connectivity index (χ1n) is 10.1. The molecule has 0 atom stereocenters. The van der Waals surface area contributed by atoms with Crippen molar-refractivity contribution in [3.05, 3.63) is 58.1 Å². The highest BCUT2D eigenvalue weighted by molar-refractivity contribution is 6.09. The zero-order chi connectivity index (χ0) is 21.7. The predicted molar refractivity (Wildman–Crippen MR) is 117 cm³/mol. The van der Waals surface area contributed by atoms with Gasteiger partial charge in [0.2, 0.25) is 5.91 Å². The van der Waals surface area contributed by atoms with E-state index in [1.165, 1.54) is 12.1 Å². The third-order valence-electron chi connectivity index (χ3n) is 5.04. The molecule has 0 unspecified atom stereocenters. The maximum absolute atomic E-state index is 13.0. The van der Waals surface area contributed by atoms with Crippen LogP contribution in [0.4, 0.5) is 22.7 Å². The highest BCUT2D eigenvalue weighted by atomic mass is 16.6. The summed E-state index contributed by atoms with van der Waals surface area (Å²) in [6.45, 7) is 5.22. The molecule has 3 rings (SSSR count). The number of rotatable bonds is 6. The van der Waals surface area contributed by atoms with Crippen LogP contribution in [-0.4, -0.2) is 29.8 Å². The minimum absolute atomic E-state index is 0.121. The van der Waals surface area contributed by atoms with Crippen molar-refractivity contribution in [2.45, 2.75) is 33.1 Å². The first kappa shape index (κ1) is 21.3. The minimum Gasteiger partial charge on any atom is -0.371 e. The van der Waals surface area contributed by atoms with Gasteiger partial charge in [0, 0.05) is 42.5 Å². The van der Waals surface area contributed by atoms with Gasteiger partial charge in [-0.3, -0.25) is 19.7 Å². The minimum atomic E-state index is -0.501. The molecule has 8 nitrogen and oxygen atoms in total. The van der Waals surface area contributed by atoms with Gasteiger partial charge in [-0.15, -0.1) is 0 Å². The number of amides is 2. The Morgan fingerprint density at radius 2 is 1.67 bits per heavy atom. The van der Waals surface area contributed by atoms with E-state index in [0.717, 1.165) is 32.4 Å². The molecule has 2 N–H and O–H groups in total. The predicted octanol–water partition coefficient (Wildman–Crippen LogP) is 4.43. The Bertz CT molecular complexity index is 952. The molecule has 2 aromatic carbocycles. The zero-order valence-electron chi connectivity index (χ0n) is 17.2. The molecule has 1 saturated heterocycles. The number of piperidine rings is 1. The molecular formula is C22H26N4O4. The molecule has 0 bridgehead atoms. The monoisotopic (exact) mass is 410 g/mol. The van der Waals surface area contributed by atoms with Gasteiger partial charge in [0.25, 0.3) is 11.6 Å². The molecule has 30 heavy (non-hydrogen) atoms. The van der Waals surface area contributed by atoms with Crippen LogP contribution in [0.1, 0.15) is 43.5 Å². The van der Waals surface area contributed by atoms with Gasteiger partial charge in [-0.05, 0) is 43.5 Å². The number of nitrogens with one attached hydrogen (secondary N) is 2. The highest BCUT2D eigenvalue weighted by Gasteiger charge is 2.22. The van der Waals surface area contributed by atoms with Crippen LogP contribution in [0.5, 0.6) is 0 Å². The molecule has 8 heteroatoms. The lowest BCUT2D eigenvalue weighted by Gasteiger charge is -2.30. The van der Waals surface area contributed by atoms with Crippen molar-refractivity contribution >= 4 is 34.6 Å². The van der Waals surface area contributed by atoms with Crippen molar-refractivity contribution < 1.29 is 14.5 Å². The van der Waals surface area contributed by atoms with Gasteiger partial charge in [-0.1, -0.05) is 19.9 Å². The SMILES string of the molecule is CC(C)C(=O)Nc1cccc(NC(=O)c2cc([N+](=O)[O-])ccc2N2CCCCC2)c1. The number of anilines is 3. The number of hydrogen-bond donors (Lipinski definition) is 2. The fourth-order valence-electron chi connectivity index (χ4n) is 3.39. The maximum atomic E-state index is 13.0. The van der Waals surface area contributed by atoms with E-state index in [0.29, 0.717) is 17.1 Å². The molecule has 158 valence electrons. The van der Waals surface area contributed by atoms with Crippen molar-refractivity contribution in [3.63, 3.8) is 0 Å². The summed E-state index contributed by atoms with van der Waals surface area (Å²) in [5.74, 6) is -0.712. The molecule has 1 aliphatic heterocycles. The molecule has 1 fully saturated rings. The summed E-state index contributed by atoms with van der Waals surface area (Å²) >= 11 is 0. The van der Waals surface area contributed by atoms with Gasteiger partial charge >= 0.3 is 0 Å². The van der Waals surface area contributed by atoms with E-state index in [4.69, 9.17) is 0 Å². The van der Waals surface area contributed by atoms with Crippen molar-refractivity contribution in [3.8, 4) is 0 Å².